The first kappa shape index (κ1) is 34.4. The van der Waals surface area contributed by atoms with E-state index in [4.69, 9.17) is 32.7 Å². The molecule has 1 N–H and O–H groups in total. The number of hydrogen-bond acceptors (Lipinski definition) is 6. The lowest BCUT2D eigenvalue weighted by Gasteiger charge is -2.35. The van der Waals surface area contributed by atoms with E-state index >= 15 is 0 Å². The summed E-state index contributed by atoms with van der Waals surface area (Å²) in [5.74, 6) is -0.229. The molecule has 12 heteroatoms. The van der Waals surface area contributed by atoms with E-state index in [1.807, 2.05) is 30.3 Å². The Morgan fingerprint density at radius 3 is 2.16 bits per heavy atom. The Hall–Kier alpha value is -3.47. The number of rotatable bonds is 13. The molecule has 1 fully saturated rings. The third-order valence-electron chi connectivity index (χ3n) is 7.95. The molecule has 3 aromatic carbocycles. The van der Waals surface area contributed by atoms with Crippen LogP contribution in [0.25, 0.3) is 0 Å². The summed E-state index contributed by atoms with van der Waals surface area (Å²) in [5, 5.41) is 3.82. The number of halogens is 2. The van der Waals surface area contributed by atoms with E-state index in [2.05, 4.69) is 5.32 Å². The van der Waals surface area contributed by atoms with Gasteiger partial charge >= 0.3 is 0 Å². The van der Waals surface area contributed by atoms with Crippen molar-refractivity contribution in [1.82, 2.24) is 10.2 Å². The standard InChI is InChI=1S/C33H39Cl2N3O6S/c1-43-30-18-17-25(20-31(30)44-2)38(45(3,41)42)22-32(39)37(21-26-27(34)15-10-16-28(26)35)29(19-23-11-6-4-7-12-23)33(40)36-24-13-8-5-9-14-24/h4,6-7,10-12,15-18,20,24,29H,5,8-9,13-14,19,21-22H2,1-3H3,(H,36,40)/t29-/m1/s1. The summed E-state index contributed by atoms with van der Waals surface area (Å²) in [6, 6.07) is 18.0. The van der Waals surface area contributed by atoms with Crippen LogP contribution in [0.4, 0.5) is 5.69 Å². The number of nitrogens with one attached hydrogen (secondary N) is 1. The van der Waals surface area contributed by atoms with Gasteiger partial charge in [-0.15, -0.1) is 0 Å². The predicted molar refractivity (Wildman–Crippen MR) is 178 cm³/mol. The first-order chi connectivity index (χ1) is 21.5. The fourth-order valence-corrected chi connectivity index (χ4v) is 6.90. The number of anilines is 1. The Morgan fingerprint density at radius 2 is 1.56 bits per heavy atom. The molecule has 0 spiro atoms. The number of nitrogens with zero attached hydrogens (tertiary/aromatic N) is 2. The largest absolute Gasteiger partial charge is 0.493 e. The molecule has 0 aromatic heterocycles. The smallest absolute Gasteiger partial charge is 0.244 e. The molecule has 0 heterocycles. The third kappa shape index (κ3) is 9.05. The lowest BCUT2D eigenvalue weighted by Crippen LogP contribution is -2.55. The fourth-order valence-electron chi connectivity index (χ4n) is 5.55. The highest BCUT2D eigenvalue weighted by Gasteiger charge is 2.35. The number of sulfonamides is 1. The average Bonchev–Trinajstić information content (AvgIpc) is 3.02. The molecule has 2 amide bonds. The van der Waals surface area contributed by atoms with E-state index in [0.717, 1.165) is 48.2 Å². The van der Waals surface area contributed by atoms with Gasteiger partial charge in [-0.1, -0.05) is 78.9 Å². The summed E-state index contributed by atoms with van der Waals surface area (Å²) in [6.07, 6.45) is 6.07. The maximum Gasteiger partial charge on any atom is 0.244 e. The van der Waals surface area contributed by atoms with Crippen molar-refractivity contribution in [3.05, 3.63) is 87.9 Å². The monoisotopic (exact) mass is 675 g/mol. The van der Waals surface area contributed by atoms with Gasteiger partial charge in [0.15, 0.2) is 11.5 Å². The van der Waals surface area contributed by atoms with Crippen LogP contribution in [0.3, 0.4) is 0 Å². The number of benzene rings is 3. The summed E-state index contributed by atoms with van der Waals surface area (Å²) in [7, 11) is -1.06. The van der Waals surface area contributed by atoms with Gasteiger partial charge in [0.1, 0.15) is 12.6 Å². The second-order valence-electron chi connectivity index (χ2n) is 11.1. The lowest BCUT2D eigenvalue weighted by molar-refractivity contribution is -0.140. The van der Waals surface area contributed by atoms with E-state index in [-0.39, 0.29) is 30.6 Å². The number of carbonyl (C=O) groups is 2. The Balaban J connectivity index is 1.77. The molecule has 3 aromatic rings. The molecule has 1 saturated carbocycles. The Kier molecular flexibility index (Phi) is 12.0. The van der Waals surface area contributed by atoms with Crippen molar-refractivity contribution in [2.45, 2.75) is 57.2 Å². The number of hydrogen-bond donors (Lipinski definition) is 1. The second kappa shape index (κ2) is 15.7. The fraction of sp³-hybridized carbons (Fsp3) is 0.394. The summed E-state index contributed by atoms with van der Waals surface area (Å²) in [4.78, 5) is 29.9. The summed E-state index contributed by atoms with van der Waals surface area (Å²) >= 11 is 13.1. The highest BCUT2D eigenvalue weighted by molar-refractivity contribution is 7.92. The van der Waals surface area contributed by atoms with Crippen molar-refractivity contribution >= 4 is 50.7 Å². The predicted octanol–water partition coefficient (Wildman–Crippen LogP) is 5.87. The molecular formula is C33H39Cl2N3O6S. The minimum atomic E-state index is -3.97. The normalized spacial score (nSPS) is 14.3. The first-order valence-electron chi connectivity index (χ1n) is 14.8. The molecule has 0 saturated heterocycles. The Labute approximate surface area is 275 Å². The highest BCUT2D eigenvalue weighted by Crippen LogP contribution is 2.33. The van der Waals surface area contributed by atoms with Gasteiger partial charge < -0.3 is 19.7 Å². The third-order valence-corrected chi connectivity index (χ3v) is 9.80. The summed E-state index contributed by atoms with van der Waals surface area (Å²) < 4.78 is 37.9. The van der Waals surface area contributed by atoms with Crippen LogP contribution in [0.2, 0.25) is 10.0 Å². The van der Waals surface area contributed by atoms with Crippen LogP contribution in [0, 0.1) is 0 Å². The van der Waals surface area contributed by atoms with Gasteiger partial charge in [-0.05, 0) is 42.7 Å². The van der Waals surface area contributed by atoms with Crippen LogP contribution < -0.4 is 19.1 Å². The van der Waals surface area contributed by atoms with Crippen molar-refractivity contribution in [1.29, 1.82) is 0 Å². The van der Waals surface area contributed by atoms with Crippen molar-refractivity contribution in [2.24, 2.45) is 0 Å². The number of methoxy groups -OCH3 is 2. The van der Waals surface area contributed by atoms with Crippen molar-refractivity contribution in [3.8, 4) is 11.5 Å². The molecule has 0 aliphatic heterocycles. The first-order valence-corrected chi connectivity index (χ1v) is 17.4. The van der Waals surface area contributed by atoms with Crippen LogP contribution in [0.5, 0.6) is 11.5 Å². The van der Waals surface area contributed by atoms with Crippen LogP contribution in [0.15, 0.2) is 66.7 Å². The van der Waals surface area contributed by atoms with Crippen molar-refractivity contribution < 1.29 is 27.5 Å². The summed E-state index contributed by atoms with van der Waals surface area (Å²) in [6.45, 7) is -0.700. The van der Waals surface area contributed by atoms with E-state index < -0.39 is 28.5 Å². The average molecular weight is 677 g/mol. The molecule has 9 nitrogen and oxygen atoms in total. The van der Waals surface area contributed by atoms with Gasteiger partial charge in [0.05, 0.1) is 26.2 Å². The molecule has 0 radical (unpaired) electrons. The van der Waals surface area contributed by atoms with E-state index in [1.54, 1.807) is 24.3 Å². The quantitative estimate of drug-likeness (QED) is 0.243. The number of ether oxygens (including phenoxy) is 2. The zero-order chi connectivity index (χ0) is 32.6. The molecule has 1 aliphatic rings. The Bertz CT molecular complexity index is 1560. The topological polar surface area (TPSA) is 105 Å². The van der Waals surface area contributed by atoms with E-state index in [1.165, 1.54) is 31.3 Å². The molecule has 0 bridgehead atoms. The molecule has 0 unspecified atom stereocenters. The second-order valence-corrected chi connectivity index (χ2v) is 13.8. The lowest BCUT2D eigenvalue weighted by atomic mass is 9.94. The van der Waals surface area contributed by atoms with Crippen LogP contribution in [0.1, 0.15) is 43.2 Å². The molecule has 1 aliphatic carbocycles. The minimum Gasteiger partial charge on any atom is -0.493 e. The van der Waals surface area contributed by atoms with E-state index in [0.29, 0.717) is 27.1 Å². The number of carbonyl (C=O) groups excluding carboxylic acids is 2. The summed E-state index contributed by atoms with van der Waals surface area (Å²) in [5.41, 5.74) is 1.49. The van der Waals surface area contributed by atoms with Crippen molar-refractivity contribution in [3.63, 3.8) is 0 Å². The van der Waals surface area contributed by atoms with E-state index in [9.17, 15) is 18.0 Å². The maximum atomic E-state index is 14.4. The minimum absolute atomic E-state index is 0.00958. The highest BCUT2D eigenvalue weighted by atomic mass is 35.5. The van der Waals surface area contributed by atoms with Crippen LogP contribution in [-0.4, -0.2) is 64.2 Å². The molecule has 1 atom stereocenters. The van der Waals surface area contributed by atoms with Gasteiger partial charge in [-0.3, -0.25) is 13.9 Å². The SMILES string of the molecule is COc1ccc(N(CC(=O)N(Cc2c(Cl)cccc2Cl)[C@H](Cc2ccccc2)C(=O)NC2CCCCC2)S(C)(=O)=O)cc1OC. The van der Waals surface area contributed by atoms with Gasteiger partial charge in [-0.2, -0.15) is 0 Å². The number of amides is 2. The maximum absolute atomic E-state index is 14.4. The Morgan fingerprint density at radius 1 is 0.911 bits per heavy atom. The van der Waals surface area contributed by atoms with Gasteiger partial charge in [-0.25, -0.2) is 8.42 Å². The zero-order valence-electron chi connectivity index (χ0n) is 25.7. The van der Waals surface area contributed by atoms with Gasteiger partial charge in [0, 0.05) is 40.7 Å². The van der Waals surface area contributed by atoms with Crippen LogP contribution >= 0.6 is 23.2 Å². The van der Waals surface area contributed by atoms with Crippen molar-refractivity contribution in [2.75, 3.05) is 31.3 Å². The molecule has 4 rings (SSSR count). The molecule has 45 heavy (non-hydrogen) atoms. The van der Waals surface area contributed by atoms with Gasteiger partial charge in [0.2, 0.25) is 21.8 Å². The molecule has 242 valence electrons. The zero-order valence-corrected chi connectivity index (χ0v) is 28.0. The van der Waals surface area contributed by atoms with Gasteiger partial charge in [0.25, 0.3) is 0 Å². The van der Waals surface area contributed by atoms with Crippen LogP contribution in [-0.2, 0) is 32.6 Å². The molecular weight excluding hydrogens is 637 g/mol.